The fraction of sp³-hybridized carbons (Fsp3) is 0.562. The molecule has 0 aliphatic carbocycles. The number of rotatable bonds is 3. The van der Waals surface area contributed by atoms with Gasteiger partial charge in [0, 0.05) is 30.6 Å². The first-order valence-corrected chi connectivity index (χ1v) is 7.37. The lowest BCUT2D eigenvalue weighted by atomic mass is 10.1. The summed E-state index contributed by atoms with van der Waals surface area (Å²) < 4.78 is 10.6. The van der Waals surface area contributed by atoms with Crippen LogP contribution < -0.4 is 10.6 Å². The molecule has 1 saturated heterocycles. The van der Waals surface area contributed by atoms with E-state index < -0.39 is 11.7 Å². The van der Waals surface area contributed by atoms with E-state index in [0.29, 0.717) is 6.04 Å². The molecular formula is C16H24N2O3. The van der Waals surface area contributed by atoms with Crippen LogP contribution in [0.2, 0.25) is 0 Å². The number of hydrogen-bond donors (Lipinski definition) is 2. The first-order valence-electron chi connectivity index (χ1n) is 7.37. The van der Waals surface area contributed by atoms with Gasteiger partial charge in [-0.15, -0.1) is 0 Å². The third-order valence-electron chi connectivity index (χ3n) is 3.10. The van der Waals surface area contributed by atoms with Crippen molar-refractivity contribution < 1.29 is 14.3 Å². The number of carbonyl (C=O) groups excluding carboxylic acids is 1. The lowest BCUT2D eigenvalue weighted by Crippen LogP contribution is -2.28. The predicted octanol–water partition coefficient (Wildman–Crippen LogP) is 3.62. The molecule has 0 unspecified atom stereocenters. The van der Waals surface area contributed by atoms with E-state index >= 15 is 0 Å². The third-order valence-corrected chi connectivity index (χ3v) is 3.10. The maximum absolute atomic E-state index is 11.8. The molecule has 1 aromatic rings. The summed E-state index contributed by atoms with van der Waals surface area (Å²) in [7, 11) is 0. The fourth-order valence-electron chi connectivity index (χ4n) is 2.19. The topological polar surface area (TPSA) is 59.6 Å². The Morgan fingerprint density at radius 1 is 1.24 bits per heavy atom. The quantitative estimate of drug-likeness (QED) is 0.893. The highest BCUT2D eigenvalue weighted by atomic mass is 16.6. The Hall–Kier alpha value is -1.75. The highest BCUT2D eigenvalue weighted by Crippen LogP contribution is 2.19. The Labute approximate surface area is 126 Å². The lowest BCUT2D eigenvalue weighted by molar-refractivity contribution is 0.0636. The van der Waals surface area contributed by atoms with Gasteiger partial charge in [0.05, 0.1) is 0 Å². The van der Waals surface area contributed by atoms with Gasteiger partial charge < -0.3 is 14.8 Å². The summed E-state index contributed by atoms with van der Waals surface area (Å²) in [6.45, 7) is 7.13. The second kappa shape index (κ2) is 6.80. The van der Waals surface area contributed by atoms with Crippen LogP contribution in [0.3, 0.4) is 0 Å². The van der Waals surface area contributed by atoms with E-state index in [1.165, 1.54) is 0 Å². The molecule has 2 rings (SSSR count). The van der Waals surface area contributed by atoms with Crippen molar-refractivity contribution in [3.05, 3.63) is 24.3 Å². The normalized spacial score (nSPS) is 16.3. The van der Waals surface area contributed by atoms with Gasteiger partial charge in [-0.1, -0.05) is 6.07 Å². The standard InChI is InChI=1S/C16H24N2O3/c1-16(2,3)21-15(19)18-14-6-4-5-13(11-14)17-12-7-9-20-10-8-12/h4-6,11-12,17H,7-10H2,1-3H3,(H,18,19). The minimum Gasteiger partial charge on any atom is -0.444 e. The van der Waals surface area contributed by atoms with Gasteiger partial charge in [-0.25, -0.2) is 4.79 Å². The first-order chi connectivity index (χ1) is 9.92. The monoisotopic (exact) mass is 292 g/mol. The van der Waals surface area contributed by atoms with Crippen LogP contribution in [0.15, 0.2) is 24.3 Å². The van der Waals surface area contributed by atoms with E-state index in [4.69, 9.17) is 9.47 Å². The smallest absolute Gasteiger partial charge is 0.412 e. The zero-order chi connectivity index (χ0) is 15.3. The number of carbonyl (C=O) groups is 1. The van der Waals surface area contributed by atoms with Crippen molar-refractivity contribution in [1.82, 2.24) is 0 Å². The molecule has 21 heavy (non-hydrogen) atoms. The first kappa shape index (κ1) is 15.6. The largest absolute Gasteiger partial charge is 0.444 e. The number of anilines is 2. The molecule has 0 radical (unpaired) electrons. The van der Waals surface area contributed by atoms with Gasteiger partial charge in [0.2, 0.25) is 0 Å². The van der Waals surface area contributed by atoms with E-state index in [-0.39, 0.29) is 0 Å². The molecule has 0 bridgehead atoms. The van der Waals surface area contributed by atoms with E-state index in [2.05, 4.69) is 10.6 Å². The summed E-state index contributed by atoms with van der Waals surface area (Å²) in [5.74, 6) is 0. The maximum Gasteiger partial charge on any atom is 0.412 e. The van der Waals surface area contributed by atoms with Crippen LogP contribution in [0, 0.1) is 0 Å². The van der Waals surface area contributed by atoms with Crippen molar-refractivity contribution in [3.63, 3.8) is 0 Å². The van der Waals surface area contributed by atoms with Gasteiger partial charge in [0.15, 0.2) is 0 Å². The van der Waals surface area contributed by atoms with Crippen molar-refractivity contribution in [2.24, 2.45) is 0 Å². The van der Waals surface area contributed by atoms with E-state index in [1.807, 2.05) is 45.0 Å². The molecule has 0 spiro atoms. The Morgan fingerprint density at radius 2 is 1.90 bits per heavy atom. The predicted molar refractivity (Wildman–Crippen MR) is 83.8 cm³/mol. The Bertz CT molecular complexity index is 477. The van der Waals surface area contributed by atoms with Crippen LogP contribution in [0.5, 0.6) is 0 Å². The summed E-state index contributed by atoms with van der Waals surface area (Å²) in [4.78, 5) is 11.8. The third kappa shape index (κ3) is 5.63. The molecule has 5 nitrogen and oxygen atoms in total. The molecule has 0 aromatic heterocycles. The number of benzene rings is 1. The molecule has 5 heteroatoms. The van der Waals surface area contributed by atoms with Gasteiger partial charge in [0.25, 0.3) is 0 Å². The number of nitrogens with one attached hydrogen (secondary N) is 2. The summed E-state index contributed by atoms with van der Waals surface area (Å²) in [6, 6.07) is 8.10. The van der Waals surface area contributed by atoms with Crippen LogP contribution in [0.4, 0.5) is 16.2 Å². The highest BCUT2D eigenvalue weighted by molar-refractivity contribution is 5.85. The van der Waals surface area contributed by atoms with Crippen LogP contribution in [-0.2, 0) is 9.47 Å². The minimum absolute atomic E-state index is 0.426. The molecule has 0 atom stereocenters. The molecule has 1 amide bonds. The van der Waals surface area contributed by atoms with Gasteiger partial charge in [0.1, 0.15) is 5.60 Å². The van der Waals surface area contributed by atoms with Gasteiger partial charge >= 0.3 is 6.09 Å². The van der Waals surface area contributed by atoms with Crippen molar-refractivity contribution in [1.29, 1.82) is 0 Å². The molecule has 0 saturated carbocycles. The van der Waals surface area contributed by atoms with Crippen LogP contribution in [0.25, 0.3) is 0 Å². The Kier molecular flexibility index (Phi) is 5.07. The van der Waals surface area contributed by atoms with Gasteiger partial charge in [-0.2, -0.15) is 0 Å². The lowest BCUT2D eigenvalue weighted by Gasteiger charge is -2.24. The molecule has 2 N–H and O–H groups in total. The molecule has 1 fully saturated rings. The number of amides is 1. The van der Waals surface area contributed by atoms with Crippen molar-refractivity contribution >= 4 is 17.5 Å². The second-order valence-corrected chi connectivity index (χ2v) is 6.24. The van der Waals surface area contributed by atoms with Crippen molar-refractivity contribution in [2.45, 2.75) is 45.3 Å². The molecule has 1 aromatic carbocycles. The zero-order valence-electron chi connectivity index (χ0n) is 12.9. The van der Waals surface area contributed by atoms with Crippen molar-refractivity contribution in [2.75, 3.05) is 23.8 Å². The minimum atomic E-state index is -0.498. The van der Waals surface area contributed by atoms with Crippen LogP contribution >= 0.6 is 0 Å². The average molecular weight is 292 g/mol. The zero-order valence-corrected chi connectivity index (χ0v) is 12.9. The molecule has 1 aliphatic heterocycles. The summed E-state index contributed by atoms with van der Waals surface area (Å²) >= 11 is 0. The summed E-state index contributed by atoms with van der Waals surface area (Å²) in [5, 5.41) is 6.22. The molecular weight excluding hydrogens is 268 g/mol. The van der Waals surface area contributed by atoms with Crippen LogP contribution in [0.1, 0.15) is 33.6 Å². The van der Waals surface area contributed by atoms with Crippen molar-refractivity contribution in [3.8, 4) is 0 Å². The van der Waals surface area contributed by atoms with E-state index in [9.17, 15) is 4.79 Å². The molecule has 116 valence electrons. The molecule has 1 heterocycles. The van der Waals surface area contributed by atoms with Crippen LogP contribution in [-0.4, -0.2) is 30.9 Å². The highest BCUT2D eigenvalue weighted by Gasteiger charge is 2.17. The fourth-order valence-corrected chi connectivity index (χ4v) is 2.19. The molecule has 1 aliphatic rings. The van der Waals surface area contributed by atoms with Gasteiger partial charge in [-0.3, -0.25) is 5.32 Å². The van der Waals surface area contributed by atoms with Gasteiger partial charge in [-0.05, 0) is 51.8 Å². The maximum atomic E-state index is 11.8. The Morgan fingerprint density at radius 3 is 2.57 bits per heavy atom. The summed E-state index contributed by atoms with van der Waals surface area (Å²) in [6.07, 6.45) is 1.57. The Balaban J connectivity index is 1.92. The summed E-state index contributed by atoms with van der Waals surface area (Å²) in [5.41, 5.74) is 1.22. The number of ether oxygens (including phenoxy) is 2. The van der Waals surface area contributed by atoms with E-state index in [0.717, 1.165) is 37.4 Å². The van der Waals surface area contributed by atoms with E-state index in [1.54, 1.807) is 0 Å². The number of hydrogen-bond acceptors (Lipinski definition) is 4. The SMILES string of the molecule is CC(C)(C)OC(=O)Nc1cccc(NC2CCOCC2)c1. The average Bonchev–Trinajstić information content (AvgIpc) is 2.38. The second-order valence-electron chi connectivity index (χ2n) is 6.24.